The molecule has 0 spiro atoms. The Morgan fingerprint density at radius 2 is 1.61 bits per heavy atom. The molecular weight excluding hydrogens is 480 g/mol. The van der Waals surface area contributed by atoms with Gasteiger partial charge in [0.15, 0.2) is 0 Å². The number of amides is 3. The number of hydrogen-bond acceptors (Lipinski definition) is 5. The third kappa shape index (κ3) is 5.48. The van der Waals surface area contributed by atoms with Crippen LogP contribution < -0.4 is 15.4 Å². The van der Waals surface area contributed by atoms with Crippen LogP contribution in [0.25, 0.3) is 10.9 Å². The molecule has 2 aliphatic heterocycles. The summed E-state index contributed by atoms with van der Waals surface area (Å²) in [6.45, 7) is 3.92. The van der Waals surface area contributed by atoms with Crippen LogP contribution in [0.5, 0.6) is 11.5 Å². The molecule has 1 aliphatic carbocycles. The predicted molar refractivity (Wildman–Crippen MR) is 147 cm³/mol. The zero-order chi connectivity index (χ0) is 25.9. The Labute approximate surface area is 223 Å². The Bertz CT molecular complexity index is 1290. The van der Waals surface area contributed by atoms with Crippen LogP contribution in [0.1, 0.15) is 51.4 Å². The fourth-order valence-electron chi connectivity index (χ4n) is 6.08. The van der Waals surface area contributed by atoms with E-state index in [0.29, 0.717) is 23.4 Å². The second-order valence-corrected chi connectivity index (χ2v) is 10.7. The van der Waals surface area contributed by atoms with E-state index in [2.05, 4.69) is 20.5 Å². The molecule has 1 saturated carbocycles. The molecule has 38 heavy (non-hydrogen) atoms. The minimum Gasteiger partial charge on any atom is -0.457 e. The van der Waals surface area contributed by atoms with Crippen molar-refractivity contribution in [1.29, 1.82) is 0 Å². The predicted octanol–water partition coefficient (Wildman–Crippen LogP) is 5.42. The number of ether oxygens (including phenoxy) is 1. The zero-order valence-corrected chi connectivity index (χ0v) is 21.8. The number of carbonyl (C=O) groups excluding carboxylic acids is 2. The van der Waals surface area contributed by atoms with Crippen molar-refractivity contribution in [2.45, 2.75) is 63.5 Å². The molecule has 3 aromatic rings. The lowest BCUT2D eigenvalue weighted by Gasteiger charge is -2.36. The summed E-state index contributed by atoms with van der Waals surface area (Å²) in [7, 11) is 0. The van der Waals surface area contributed by atoms with E-state index < -0.39 is 0 Å². The van der Waals surface area contributed by atoms with Gasteiger partial charge in [-0.15, -0.1) is 0 Å². The summed E-state index contributed by atoms with van der Waals surface area (Å²) in [4.78, 5) is 34.4. The van der Waals surface area contributed by atoms with Crippen LogP contribution >= 0.6 is 0 Å². The summed E-state index contributed by atoms with van der Waals surface area (Å²) in [5.41, 5.74) is 0.837. The monoisotopic (exact) mass is 516 g/mol. The first kappa shape index (κ1) is 24.7. The second-order valence-electron chi connectivity index (χ2n) is 10.7. The SMILES string of the molecule is O=C(Nc1cc(Oc2ccc3c(ccn3C(=O)NC3CCCC3)c2)ccn1)N1CCC(N2CCCC2)CC1. The minimum atomic E-state index is -0.117. The quantitative estimate of drug-likeness (QED) is 0.472. The van der Waals surface area contributed by atoms with Gasteiger partial charge in [-0.05, 0) is 81.9 Å². The standard InChI is InChI=1S/C29H36N6O3/c36-28(34-16-11-23(12-17-34)33-14-3-4-15-33)32-27-20-25(9-13-30-27)38-24-7-8-26-21(19-24)10-18-35(26)29(37)31-22-5-1-2-6-22/h7-10,13,18-20,22-23H,1-6,11-12,14-17H2,(H,31,37)(H,30,32,36). The summed E-state index contributed by atoms with van der Waals surface area (Å²) >= 11 is 0. The third-order valence-corrected chi connectivity index (χ3v) is 8.17. The van der Waals surface area contributed by atoms with Gasteiger partial charge in [-0.2, -0.15) is 0 Å². The number of urea groups is 1. The van der Waals surface area contributed by atoms with Gasteiger partial charge in [0, 0.05) is 49.0 Å². The summed E-state index contributed by atoms with van der Waals surface area (Å²) < 4.78 is 7.74. The molecule has 4 heterocycles. The lowest BCUT2D eigenvalue weighted by atomic mass is 10.0. The van der Waals surface area contributed by atoms with Crippen molar-refractivity contribution in [2.24, 2.45) is 0 Å². The molecule has 1 aromatic carbocycles. The molecule has 9 heteroatoms. The normalized spacial score (nSPS) is 19.2. The molecule has 3 amide bonds. The Morgan fingerprint density at radius 1 is 0.842 bits per heavy atom. The molecule has 3 fully saturated rings. The zero-order valence-electron chi connectivity index (χ0n) is 21.8. The van der Waals surface area contributed by atoms with Crippen LogP contribution in [-0.2, 0) is 0 Å². The van der Waals surface area contributed by atoms with Crippen LogP contribution in [0.4, 0.5) is 15.4 Å². The highest BCUT2D eigenvalue weighted by molar-refractivity contribution is 5.92. The molecule has 2 saturated heterocycles. The van der Waals surface area contributed by atoms with Crippen LogP contribution in [-0.4, -0.2) is 69.7 Å². The van der Waals surface area contributed by atoms with Crippen molar-refractivity contribution in [3.05, 3.63) is 48.8 Å². The Hall–Kier alpha value is -3.59. The maximum atomic E-state index is 12.9. The number of hydrogen-bond donors (Lipinski definition) is 2. The highest BCUT2D eigenvalue weighted by atomic mass is 16.5. The van der Waals surface area contributed by atoms with Gasteiger partial charge in [0.05, 0.1) is 5.52 Å². The Balaban J connectivity index is 1.06. The molecule has 3 aliphatic rings. The number of nitrogens with zero attached hydrogens (tertiary/aromatic N) is 4. The number of carbonyl (C=O) groups is 2. The summed E-state index contributed by atoms with van der Waals surface area (Å²) in [6.07, 6.45) is 12.5. The molecule has 2 aromatic heterocycles. The van der Waals surface area contributed by atoms with E-state index in [1.54, 1.807) is 29.1 Å². The van der Waals surface area contributed by atoms with Gasteiger partial charge in [0.25, 0.3) is 0 Å². The van der Waals surface area contributed by atoms with E-state index in [-0.39, 0.29) is 18.1 Å². The topological polar surface area (TPSA) is 91.7 Å². The van der Waals surface area contributed by atoms with Crippen molar-refractivity contribution < 1.29 is 14.3 Å². The number of anilines is 1. The fraction of sp³-hybridized carbons (Fsp3) is 0.483. The first-order valence-corrected chi connectivity index (χ1v) is 14.0. The minimum absolute atomic E-state index is 0.0876. The highest BCUT2D eigenvalue weighted by Gasteiger charge is 2.28. The van der Waals surface area contributed by atoms with Gasteiger partial charge in [-0.3, -0.25) is 9.88 Å². The van der Waals surface area contributed by atoms with E-state index in [1.165, 1.54) is 38.8 Å². The van der Waals surface area contributed by atoms with Gasteiger partial charge in [0.2, 0.25) is 0 Å². The summed E-state index contributed by atoms with van der Waals surface area (Å²) in [6, 6.07) is 11.8. The van der Waals surface area contributed by atoms with Crippen molar-refractivity contribution in [1.82, 2.24) is 24.7 Å². The van der Waals surface area contributed by atoms with Crippen molar-refractivity contribution in [3.8, 4) is 11.5 Å². The number of fused-ring (bicyclic) bond motifs is 1. The highest BCUT2D eigenvalue weighted by Crippen LogP contribution is 2.28. The molecule has 2 N–H and O–H groups in total. The van der Waals surface area contributed by atoms with Crippen LogP contribution in [0.2, 0.25) is 0 Å². The maximum absolute atomic E-state index is 12.9. The van der Waals surface area contributed by atoms with Gasteiger partial charge in [0.1, 0.15) is 17.3 Å². The van der Waals surface area contributed by atoms with Gasteiger partial charge >= 0.3 is 12.1 Å². The molecule has 0 bridgehead atoms. The number of likely N-dealkylation sites (tertiary alicyclic amines) is 2. The van der Waals surface area contributed by atoms with Crippen molar-refractivity contribution >= 4 is 28.8 Å². The lowest BCUT2D eigenvalue weighted by Crippen LogP contribution is -2.47. The number of benzene rings is 1. The molecule has 0 radical (unpaired) electrons. The smallest absolute Gasteiger partial charge is 0.326 e. The average molecular weight is 517 g/mol. The number of pyridine rings is 1. The number of rotatable bonds is 5. The van der Waals surface area contributed by atoms with E-state index >= 15 is 0 Å². The summed E-state index contributed by atoms with van der Waals surface area (Å²) in [5.74, 6) is 1.70. The summed E-state index contributed by atoms with van der Waals surface area (Å²) in [5, 5.41) is 6.99. The van der Waals surface area contributed by atoms with E-state index in [0.717, 1.165) is 49.7 Å². The molecule has 200 valence electrons. The maximum Gasteiger partial charge on any atom is 0.326 e. The lowest BCUT2D eigenvalue weighted by molar-refractivity contribution is 0.140. The molecule has 9 nitrogen and oxygen atoms in total. The number of piperidine rings is 1. The fourth-order valence-corrected chi connectivity index (χ4v) is 6.08. The van der Waals surface area contributed by atoms with Gasteiger partial charge < -0.3 is 19.9 Å². The Morgan fingerprint density at radius 3 is 2.39 bits per heavy atom. The van der Waals surface area contributed by atoms with Crippen LogP contribution in [0, 0.1) is 0 Å². The third-order valence-electron chi connectivity index (χ3n) is 8.17. The number of aromatic nitrogens is 2. The average Bonchev–Trinajstić information content (AvgIpc) is 3.71. The van der Waals surface area contributed by atoms with Gasteiger partial charge in [-0.25, -0.2) is 14.6 Å². The van der Waals surface area contributed by atoms with E-state index in [9.17, 15) is 9.59 Å². The van der Waals surface area contributed by atoms with Crippen LogP contribution in [0.3, 0.4) is 0 Å². The molecule has 0 unspecified atom stereocenters. The van der Waals surface area contributed by atoms with Crippen molar-refractivity contribution in [3.63, 3.8) is 0 Å². The largest absolute Gasteiger partial charge is 0.457 e. The molecule has 6 rings (SSSR count). The molecule has 0 atom stereocenters. The Kier molecular flexibility index (Phi) is 7.18. The van der Waals surface area contributed by atoms with Crippen LogP contribution in [0.15, 0.2) is 48.8 Å². The van der Waals surface area contributed by atoms with E-state index in [4.69, 9.17) is 4.74 Å². The second kappa shape index (κ2) is 11.0. The van der Waals surface area contributed by atoms with Crippen molar-refractivity contribution in [2.75, 3.05) is 31.5 Å². The first-order chi connectivity index (χ1) is 18.6. The van der Waals surface area contributed by atoms with Gasteiger partial charge in [-0.1, -0.05) is 12.8 Å². The number of nitrogens with one attached hydrogen (secondary N) is 2. The molecular formula is C29H36N6O3. The first-order valence-electron chi connectivity index (χ1n) is 14.0. The van der Waals surface area contributed by atoms with E-state index in [1.807, 2.05) is 29.2 Å².